The van der Waals surface area contributed by atoms with Crippen LogP contribution in [0.3, 0.4) is 0 Å². The highest BCUT2D eigenvalue weighted by Gasteiger charge is 2.01. The zero-order valence-corrected chi connectivity index (χ0v) is 6.86. The number of nitrogens with zero attached hydrogens (tertiary/aromatic N) is 1. The fourth-order valence-electron chi connectivity index (χ4n) is 0.761. The van der Waals surface area contributed by atoms with Crippen molar-refractivity contribution in [2.45, 2.75) is 13.8 Å². The molecule has 0 spiro atoms. The molecule has 51 heteroatoms. The standard InChI is InChI=1S/C6H10NOP.48BH3/c1-4-6(9-3)7-5(2)8-4;;;;;;;;;;;;;;;;;;;;;;;;;;;;;;;;;;;;;;;;;;;;;;;;/h9H,1-3H3;48*1H3. The monoisotopic (exact) mass is 817 g/mol. The molecule has 0 saturated heterocycles. The van der Waals surface area contributed by atoms with Crippen LogP contribution < -0.4 is 5.44 Å². The third-order valence-electron chi connectivity index (χ3n) is 1.14. The Morgan fingerprint density at radius 1 is 0.246 bits per heavy atom. The van der Waals surface area contributed by atoms with E-state index in [-0.39, 0.29) is 404 Å². The molecule has 1 aromatic rings. The van der Waals surface area contributed by atoms with Crippen molar-refractivity contribution in [3.63, 3.8) is 0 Å². The molecule has 0 radical (unpaired) electrons. The first-order chi connectivity index (χ1) is 4.24. The minimum atomic E-state index is 0. The number of aryl methyl sites for hydroxylation is 2. The zero-order chi connectivity index (χ0) is 6.85. The van der Waals surface area contributed by atoms with E-state index in [9.17, 15) is 0 Å². The van der Waals surface area contributed by atoms with Crippen LogP contribution in [0.25, 0.3) is 0 Å². The van der Waals surface area contributed by atoms with Crippen molar-refractivity contribution < 1.29 is 4.42 Å². The molecule has 1 unspecified atom stereocenters. The smallest absolute Gasteiger partial charge is 0.191 e. The van der Waals surface area contributed by atoms with Gasteiger partial charge in [0.2, 0.25) is 0 Å². The summed E-state index contributed by atoms with van der Waals surface area (Å²) in [5, 5.41) is 0. The molecule has 0 fully saturated rings. The van der Waals surface area contributed by atoms with Crippen molar-refractivity contribution >= 4 is 418 Å². The van der Waals surface area contributed by atoms with Gasteiger partial charge in [-0.1, -0.05) is 8.58 Å². The second-order valence-corrected chi connectivity index (χ2v) is 2.86. The molecular weight excluding hydrogens is 652 g/mol. The van der Waals surface area contributed by atoms with E-state index in [1.807, 2.05) is 13.8 Å². The summed E-state index contributed by atoms with van der Waals surface area (Å²) >= 11 is 0. The molecule has 2 nitrogen and oxygen atoms in total. The molecule has 0 bridgehead atoms. The summed E-state index contributed by atoms with van der Waals surface area (Å²) in [5.74, 6) is 1.74. The average Bonchev–Trinajstić information content (AvgIpc) is 2.10. The number of aromatic nitrogens is 1. The Morgan fingerprint density at radius 2 is 0.351 bits per heavy atom. The van der Waals surface area contributed by atoms with Crippen LogP contribution in [0.15, 0.2) is 4.42 Å². The first-order valence-corrected chi connectivity index (χ1v) is 4.36. The van der Waals surface area contributed by atoms with Crippen LogP contribution >= 0.6 is 8.58 Å². The van der Waals surface area contributed by atoms with Gasteiger partial charge in [0.15, 0.2) is 5.89 Å². The average molecular weight is 807 g/mol. The van der Waals surface area contributed by atoms with Crippen molar-refractivity contribution in [2.24, 2.45) is 0 Å². The molecule has 57 heavy (non-hydrogen) atoms. The van der Waals surface area contributed by atoms with Crippen molar-refractivity contribution in [3.05, 3.63) is 11.7 Å². The van der Waals surface area contributed by atoms with Gasteiger partial charge < -0.3 is 4.42 Å². The van der Waals surface area contributed by atoms with Gasteiger partial charge in [0, 0.05) is 6.92 Å². The van der Waals surface area contributed by atoms with E-state index < -0.39 is 0 Å². The van der Waals surface area contributed by atoms with Gasteiger partial charge in [-0.2, -0.15) is 0 Å². The second kappa shape index (κ2) is 900. The molecule has 0 aliphatic rings. The van der Waals surface area contributed by atoms with E-state index >= 15 is 0 Å². The summed E-state index contributed by atoms with van der Waals surface area (Å²) < 4.78 is 5.20. The maximum atomic E-state index is 5.20. The zero-order valence-electron chi connectivity index (χ0n) is 5.86. The highest BCUT2D eigenvalue weighted by atomic mass is 31.1. The lowest BCUT2D eigenvalue weighted by atomic mass is 10.6. The number of rotatable bonds is 1. The number of hydrogen-bond donors (Lipinski definition) is 0. The molecule has 0 saturated carbocycles. The van der Waals surface area contributed by atoms with Gasteiger partial charge in [0.05, 0.1) is 404 Å². The van der Waals surface area contributed by atoms with Gasteiger partial charge >= 0.3 is 0 Å². The summed E-state index contributed by atoms with van der Waals surface area (Å²) in [6.45, 7) is 5.92. The van der Waals surface area contributed by atoms with E-state index in [0.29, 0.717) is 0 Å². The maximum absolute atomic E-state index is 5.20. The summed E-state index contributed by atoms with van der Waals surface area (Å²) in [6.07, 6.45) is 0. The molecule has 0 N–H and O–H groups in total. The number of oxazole rings is 1. The van der Waals surface area contributed by atoms with Crippen LogP contribution in [-0.2, 0) is 0 Å². The van der Waals surface area contributed by atoms with E-state index in [2.05, 4.69) is 11.6 Å². The van der Waals surface area contributed by atoms with Crippen LogP contribution in [0, 0.1) is 13.8 Å². The minimum Gasteiger partial charge on any atom is -0.446 e. The van der Waals surface area contributed by atoms with Gasteiger partial charge in [-0.25, -0.2) is 4.98 Å². The minimum absolute atomic E-state index is 0. The molecular formula is C6H154B48NOP. The highest BCUT2D eigenvalue weighted by molar-refractivity contribution is 7.46. The predicted octanol–water partition coefficient (Wildman–Crippen LogP) is -55.6. The molecule has 0 aromatic carbocycles. The maximum Gasteiger partial charge on any atom is 0.191 e. The Labute approximate surface area is 456 Å². The van der Waals surface area contributed by atoms with Crippen LogP contribution in [0.2, 0.25) is 0 Å². The molecule has 1 aromatic heterocycles. The van der Waals surface area contributed by atoms with E-state index in [1.165, 1.54) is 0 Å². The van der Waals surface area contributed by atoms with Gasteiger partial charge in [0.25, 0.3) is 0 Å². The first kappa shape index (κ1) is 1490. The lowest BCUT2D eigenvalue weighted by Gasteiger charge is -1.84. The SMILES string of the molecule is B.B.B.B.B.B.B.B.B.B.B.B.B.B.B.B.B.B.B.B.B.B.B.B.B.B.B.B.B.B.B.B.B.B.B.B.B.B.B.B.B.B.B.B.B.B.B.B.CPc1nc(C)oc1C. The normalized spacial score (nSPS) is 1.81. The molecule has 0 aliphatic heterocycles. The largest absolute Gasteiger partial charge is 0.446 e. The Hall–Kier alpha value is 2.76. The predicted molar refractivity (Wildman–Crippen MR) is 517 cm³/mol. The van der Waals surface area contributed by atoms with Crippen molar-refractivity contribution in [1.82, 2.24) is 4.98 Å². The van der Waals surface area contributed by atoms with Crippen molar-refractivity contribution in [3.8, 4) is 0 Å². The van der Waals surface area contributed by atoms with Crippen molar-refractivity contribution in [2.75, 3.05) is 6.66 Å². The Balaban J connectivity index is -0.000000000367. The van der Waals surface area contributed by atoms with E-state index in [0.717, 1.165) is 25.7 Å². The molecule has 1 heterocycles. The van der Waals surface area contributed by atoms with Crippen LogP contribution in [0.4, 0.5) is 0 Å². The summed E-state index contributed by atoms with van der Waals surface area (Å²) in [4.78, 5) is 4.17. The Bertz CT molecular complexity index is 243. The molecule has 0 amide bonds. The summed E-state index contributed by atoms with van der Waals surface area (Å²) in [5.41, 5.74) is 1.10. The molecule has 1 atom stereocenters. The topological polar surface area (TPSA) is 26.0 Å². The third kappa shape index (κ3) is 674. The van der Waals surface area contributed by atoms with Crippen LogP contribution in [0.5, 0.6) is 0 Å². The number of hydrogen-bond acceptors (Lipinski definition) is 2. The first-order valence-electron chi connectivity index (χ1n) is 2.86. The summed E-state index contributed by atoms with van der Waals surface area (Å²) in [6, 6.07) is 0. The highest BCUT2D eigenvalue weighted by Crippen LogP contribution is 2.08. The third-order valence-corrected chi connectivity index (χ3v) is 2.08. The van der Waals surface area contributed by atoms with Gasteiger partial charge in [-0.3, -0.25) is 0 Å². The fourth-order valence-corrected chi connectivity index (χ4v) is 1.43. The van der Waals surface area contributed by atoms with Crippen LogP contribution in [-0.4, -0.2) is 415 Å². The molecule has 1 rings (SSSR count). The lowest BCUT2D eigenvalue weighted by Crippen LogP contribution is -1.96. The van der Waals surface area contributed by atoms with E-state index in [4.69, 9.17) is 4.42 Å². The Morgan fingerprint density at radius 3 is 0.386 bits per heavy atom. The van der Waals surface area contributed by atoms with Gasteiger partial charge in [-0.15, -0.1) is 0 Å². The van der Waals surface area contributed by atoms with Gasteiger partial charge in [-0.05, 0) is 13.6 Å². The quantitative estimate of drug-likeness (QED) is 0.209. The second-order valence-electron chi connectivity index (χ2n) is 1.89. The van der Waals surface area contributed by atoms with Crippen molar-refractivity contribution in [1.29, 1.82) is 0 Å². The van der Waals surface area contributed by atoms with E-state index in [1.54, 1.807) is 0 Å². The molecule has 338 valence electrons. The Kier molecular flexibility index (Phi) is 23600. The lowest BCUT2D eigenvalue weighted by molar-refractivity contribution is 0.495. The fraction of sp³-hybridized carbons (Fsp3) is 0.500. The van der Waals surface area contributed by atoms with Gasteiger partial charge in [0.1, 0.15) is 11.2 Å². The molecule has 0 aliphatic carbocycles. The summed E-state index contributed by atoms with van der Waals surface area (Å²) in [7, 11) is 0.745. The van der Waals surface area contributed by atoms with Crippen LogP contribution in [0.1, 0.15) is 11.7 Å².